The Labute approximate surface area is 434 Å². The van der Waals surface area contributed by atoms with Crippen molar-refractivity contribution in [2.45, 2.75) is 143 Å². The van der Waals surface area contributed by atoms with E-state index in [0.717, 1.165) is 24.3 Å². The fourth-order valence-corrected chi connectivity index (χ4v) is 85.1. The Balaban J connectivity index is 1.79. The average molecular weight is 1270 g/mol. The molecule has 0 spiro atoms. The van der Waals surface area contributed by atoms with Gasteiger partial charge >= 0.3 is 437 Å². The zero-order chi connectivity index (χ0) is 55.9. The van der Waals surface area contributed by atoms with Gasteiger partial charge in [-0.15, -0.1) is 0 Å². The molecule has 0 saturated heterocycles. The standard InChI is InChI=1S/4C10H13.2C9H4F6O.CH2.2Sb/c4*1-10(2,3)9-7-5-4-6-8-9;2*10-8(11,12)7(16,9(13,14)15)6-4-2-1-3-5-6;;;/h4*5-8H,1-3H3;2*1-4H;1H2;;/q;;;;2*-1;;2*+1. The van der Waals surface area contributed by atoms with Crippen LogP contribution in [0.4, 0.5) is 52.7 Å². The molecule has 404 valence electrons. The van der Waals surface area contributed by atoms with Crippen molar-refractivity contribution in [1.82, 2.24) is 0 Å². The Morgan fingerprint density at radius 3 is 0.693 bits per heavy atom. The Morgan fingerprint density at radius 1 is 0.307 bits per heavy atom. The Bertz CT molecular complexity index is 2770. The Hall–Kier alpha value is -3.96. The van der Waals surface area contributed by atoms with Gasteiger partial charge < -0.3 is 0 Å². The molecule has 2 heterocycles. The zero-order valence-electron chi connectivity index (χ0n) is 43.8. The molecule has 6 aromatic carbocycles. The topological polar surface area (TPSA) is 18.5 Å². The van der Waals surface area contributed by atoms with Gasteiger partial charge in [0.05, 0.1) is 0 Å². The van der Waals surface area contributed by atoms with E-state index < -0.39 is 114 Å². The summed E-state index contributed by atoms with van der Waals surface area (Å²) in [5, 5.41) is 0. The monoisotopic (exact) mass is 1270 g/mol. The summed E-state index contributed by atoms with van der Waals surface area (Å²) >= 11 is -16.4. The molecule has 16 heteroatoms. The van der Waals surface area contributed by atoms with Crippen molar-refractivity contribution in [2.24, 2.45) is 0 Å². The van der Waals surface area contributed by atoms with E-state index in [1.165, 1.54) is 109 Å². The van der Waals surface area contributed by atoms with E-state index >= 15 is 52.7 Å². The third kappa shape index (κ3) is 8.10. The molecule has 0 amide bonds. The second-order valence-electron chi connectivity index (χ2n) is 24.3. The molecule has 8 rings (SSSR count). The summed E-state index contributed by atoms with van der Waals surface area (Å²) in [7, 11) is 0. The molecule has 0 fully saturated rings. The summed E-state index contributed by atoms with van der Waals surface area (Å²) in [6, 6.07) is 31.3. The van der Waals surface area contributed by atoms with Gasteiger partial charge in [0.1, 0.15) is 0 Å². The van der Waals surface area contributed by atoms with Crippen LogP contribution in [0.2, 0.25) is 2.31 Å². The molecule has 0 bridgehead atoms. The molecule has 0 atom stereocenters. The minimum absolute atomic E-state index is 0.231. The van der Waals surface area contributed by atoms with Gasteiger partial charge in [0.15, 0.2) is 0 Å². The first kappa shape index (κ1) is 57.2. The van der Waals surface area contributed by atoms with Crippen LogP contribution in [0.25, 0.3) is 0 Å². The molecule has 0 radical (unpaired) electrons. The van der Waals surface area contributed by atoms with Crippen molar-refractivity contribution in [3.05, 3.63) is 179 Å². The van der Waals surface area contributed by atoms with Crippen LogP contribution in [-0.4, -0.2) is 60.3 Å². The fourth-order valence-electron chi connectivity index (χ4n) is 11.5. The van der Waals surface area contributed by atoms with Gasteiger partial charge in [-0.1, -0.05) is 0 Å². The predicted molar refractivity (Wildman–Crippen MR) is 277 cm³/mol. The van der Waals surface area contributed by atoms with Gasteiger partial charge in [-0.05, 0) is 0 Å². The fraction of sp³-hybridized carbons (Fsp3) is 0.390. The van der Waals surface area contributed by atoms with Crippen molar-refractivity contribution in [2.75, 3.05) is 0 Å². The van der Waals surface area contributed by atoms with Gasteiger partial charge in [0.2, 0.25) is 0 Å². The molecule has 0 N–H and O–H groups in total. The average Bonchev–Trinajstić information content (AvgIpc) is 3.76. The molecule has 0 aromatic heterocycles. The summed E-state index contributed by atoms with van der Waals surface area (Å²) in [6.45, 7) is 22.0. The number of hydrogen-bond donors (Lipinski definition) is 0. The zero-order valence-corrected chi connectivity index (χ0v) is 48.9. The molecule has 0 aliphatic carbocycles. The van der Waals surface area contributed by atoms with Crippen molar-refractivity contribution in [1.29, 1.82) is 0 Å². The molecular weight excluding hydrogens is 1210 g/mol. The molecule has 2 aliphatic heterocycles. The number of rotatable bonds is 6. The normalized spacial score (nSPS) is 20.2. The SMILES string of the molecule is CC(C)(C)c1cc[c]([Sb]2([CH2][Sb]3([c]4ccc(C(C)(C)C)cc4)([c]4ccc(C(C)(C)C)cc4)[O]C(C(F)(F)F)(C(F)(F)F)c4cccc[c]43)([c]3ccc(C(C)(C)C)cc3)[O]C(C(F)(F)F)(C(F)(F)F)c3cccc[c]32)cc1. The van der Waals surface area contributed by atoms with E-state index in [2.05, 4.69) is 0 Å². The summed E-state index contributed by atoms with van der Waals surface area (Å²) in [4.78, 5) is 0. The van der Waals surface area contributed by atoms with Crippen LogP contribution in [0.1, 0.15) is 116 Å². The van der Waals surface area contributed by atoms with Crippen molar-refractivity contribution < 1.29 is 58.7 Å². The van der Waals surface area contributed by atoms with Crippen LogP contribution in [0, 0.1) is 0 Å². The molecule has 2 nitrogen and oxygen atoms in total. The summed E-state index contributed by atoms with van der Waals surface area (Å²) < 4.78 is 212. The molecular formula is C59H62F12O2Sb2. The third-order valence-corrected chi connectivity index (χ3v) is 67.0. The first-order valence-electron chi connectivity index (χ1n) is 24.5. The number of fused-ring (bicyclic) bond motifs is 2. The van der Waals surface area contributed by atoms with E-state index in [1.54, 1.807) is 0 Å². The van der Waals surface area contributed by atoms with E-state index in [4.69, 9.17) is 6.03 Å². The van der Waals surface area contributed by atoms with E-state index in [-0.39, 0.29) is 14.0 Å². The van der Waals surface area contributed by atoms with Gasteiger partial charge in [-0.25, -0.2) is 0 Å². The molecule has 6 aromatic rings. The minimum atomic E-state index is -8.18. The second-order valence-corrected chi connectivity index (χ2v) is 54.1. The first-order chi connectivity index (χ1) is 34.1. The molecule has 0 unspecified atom stereocenters. The predicted octanol–water partition coefficient (Wildman–Crippen LogP) is 13.7. The van der Waals surface area contributed by atoms with Crippen molar-refractivity contribution in [3.8, 4) is 0 Å². The van der Waals surface area contributed by atoms with Gasteiger partial charge in [-0.3, -0.25) is 0 Å². The number of alkyl halides is 12. The van der Waals surface area contributed by atoms with E-state index in [9.17, 15) is 0 Å². The van der Waals surface area contributed by atoms with Crippen molar-refractivity contribution in [3.63, 3.8) is 0 Å². The van der Waals surface area contributed by atoms with Crippen LogP contribution in [0.5, 0.6) is 0 Å². The number of benzene rings is 6. The van der Waals surface area contributed by atoms with E-state index in [0.29, 0.717) is 34.4 Å². The summed E-state index contributed by atoms with van der Waals surface area (Å²) in [5.41, 5.74) is -13.5. The Kier molecular flexibility index (Phi) is 13.2. The first-order valence-corrected chi connectivity index (χ1v) is 37.8. The van der Waals surface area contributed by atoms with E-state index in [1.807, 2.05) is 83.1 Å². The molecule has 0 saturated carbocycles. The van der Waals surface area contributed by atoms with Crippen LogP contribution >= 0.6 is 0 Å². The van der Waals surface area contributed by atoms with Gasteiger partial charge in [0.25, 0.3) is 0 Å². The van der Waals surface area contributed by atoms with Crippen LogP contribution < -0.4 is 21.1 Å². The summed E-state index contributed by atoms with van der Waals surface area (Å²) in [5.74, 6) is 0. The summed E-state index contributed by atoms with van der Waals surface area (Å²) in [6.07, 6.45) is -25.4. The van der Waals surface area contributed by atoms with Crippen LogP contribution in [-0.2, 0) is 38.9 Å². The van der Waals surface area contributed by atoms with Crippen molar-refractivity contribution >= 4 is 56.7 Å². The van der Waals surface area contributed by atoms with Crippen LogP contribution in [0.15, 0.2) is 146 Å². The number of hydrogen-bond acceptors (Lipinski definition) is 2. The van der Waals surface area contributed by atoms with Crippen LogP contribution in [0.3, 0.4) is 0 Å². The second kappa shape index (κ2) is 17.3. The molecule has 2 aliphatic rings. The van der Waals surface area contributed by atoms with Gasteiger partial charge in [0, 0.05) is 0 Å². The Morgan fingerprint density at radius 2 is 0.507 bits per heavy atom. The maximum atomic E-state index is 16.8. The maximum absolute atomic E-state index is 16.8. The third-order valence-electron chi connectivity index (χ3n) is 15.5. The molecule has 75 heavy (non-hydrogen) atoms. The van der Waals surface area contributed by atoms with Gasteiger partial charge in [-0.2, -0.15) is 0 Å². The number of halogens is 12. The quantitative estimate of drug-likeness (QED) is 0.122.